The number of fused-ring (bicyclic) bond motifs is 1. The van der Waals surface area contributed by atoms with Gasteiger partial charge in [0.2, 0.25) is 10.0 Å². The zero-order valence-electron chi connectivity index (χ0n) is 17.7. The largest absolute Gasteiger partial charge is 0.377 e. The highest BCUT2D eigenvalue weighted by Gasteiger charge is 2.26. The van der Waals surface area contributed by atoms with Gasteiger partial charge in [0.15, 0.2) is 5.13 Å². The van der Waals surface area contributed by atoms with Gasteiger partial charge in [-0.1, -0.05) is 23.5 Å². The molecule has 1 atom stereocenters. The lowest BCUT2D eigenvalue weighted by Crippen LogP contribution is -2.34. The molecule has 7 nitrogen and oxygen atoms in total. The summed E-state index contributed by atoms with van der Waals surface area (Å²) in [5.41, 5.74) is 3.42. The van der Waals surface area contributed by atoms with Crippen molar-refractivity contribution in [2.24, 2.45) is 0 Å². The summed E-state index contributed by atoms with van der Waals surface area (Å²) in [5.74, 6) is -0.328. The molecule has 9 heteroatoms. The zero-order valence-corrected chi connectivity index (χ0v) is 19.3. The summed E-state index contributed by atoms with van der Waals surface area (Å²) in [7, 11) is -2.09. The number of thiazole rings is 1. The van der Waals surface area contributed by atoms with E-state index in [0.29, 0.717) is 23.8 Å². The van der Waals surface area contributed by atoms with Gasteiger partial charge in [0.05, 0.1) is 21.2 Å². The molecule has 1 aliphatic rings. The summed E-state index contributed by atoms with van der Waals surface area (Å²) < 4.78 is 33.5. The van der Waals surface area contributed by atoms with Crippen LogP contribution in [0.25, 0.3) is 10.2 Å². The summed E-state index contributed by atoms with van der Waals surface area (Å²) >= 11 is 1.43. The van der Waals surface area contributed by atoms with Crippen molar-refractivity contribution in [3.8, 4) is 0 Å². The fraction of sp³-hybridized carbons (Fsp3) is 0.364. The van der Waals surface area contributed by atoms with Crippen molar-refractivity contribution in [1.82, 2.24) is 9.29 Å². The van der Waals surface area contributed by atoms with Crippen LogP contribution < -0.4 is 5.32 Å². The van der Waals surface area contributed by atoms with E-state index in [1.165, 1.54) is 39.9 Å². The molecule has 1 N–H and O–H groups in total. The number of hydrogen-bond acceptors (Lipinski definition) is 6. The first-order valence-electron chi connectivity index (χ1n) is 10.1. The summed E-state index contributed by atoms with van der Waals surface area (Å²) in [6, 6.07) is 10.0. The van der Waals surface area contributed by atoms with Crippen LogP contribution in [0.5, 0.6) is 0 Å². The quantitative estimate of drug-likeness (QED) is 0.603. The smallest absolute Gasteiger partial charge is 0.257 e. The first kappa shape index (κ1) is 21.9. The third-order valence-corrected chi connectivity index (χ3v) is 8.42. The number of sulfonamides is 1. The molecule has 4 rings (SSSR count). The second-order valence-corrected chi connectivity index (χ2v) is 10.8. The average Bonchev–Trinajstić information content (AvgIpc) is 3.41. The third-order valence-electron chi connectivity index (χ3n) is 5.47. The van der Waals surface area contributed by atoms with Crippen LogP contribution in [0, 0.1) is 13.8 Å². The van der Waals surface area contributed by atoms with Crippen LogP contribution >= 0.6 is 11.3 Å². The number of nitrogens with one attached hydrogen (secondary N) is 1. The van der Waals surface area contributed by atoms with Crippen LogP contribution in [-0.2, 0) is 14.8 Å². The lowest BCUT2D eigenvalue weighted by atomic mass is 10.1. The summed E-state index contributed by atoms with van der Waals surface area (Å²) in [6.07, 6.45) is 1.76. The van der Waals surface area contributed by atoms with Gasteiger partial charge in [0.25, 0.3) is 5.91 Å². The van der Waals surface area contributed by atoms with Crippen molar-refractivity contribution in [2.45, 2.75) is 37.7 Å². The zero-order chi connectivity index (χ0) is 22.2. The van der Waals surface area contributed by atoms with E-state index in [0.717, 1.165) is 34.2 Å². The molecule has 1 saturated heterocycles. The maximum atomic E-state index is 12.8. The lowest BCUT2D eigenvalue weighted by molar-refractivity contribution is 0.0979. The number of hydrogen-bond donors (Lipinski definition) is 1. The van der Waals surface area contributed by atoms with Crippen molar-refractivity contribution in [3.05, 3.63) is 53.1 Å². The molecular weight excluding hydrogens is 434 g/mol. The van der Waals surface area contributed by atoms with Gasteiger partial charge in [-0.25, -0.2) is 13.4 Å². The molecule has 0 spiro atoms. The minimum Gasteiger partial charge on any atom is -0.377 e. The number of rotatable bonds is 6. The van der Waals surface area contributed by atoms with Crippen LogP contribution in [-0.4, -0.2) is 49.9 Å². The Hall–Kier alpha value is -2.33. The number of ether oxygens (including phenoxy) is 1. The highest BCUT2D eigenvalue weighted by Crippen LogP contribution is 2.31. The average molecular weight is 460 g/mol. The molecule has 2 aromatic carbocycles. The summed E-state index contributed by atoms with van der Waals surface area (Å²) in [6.45, 7) is 5.00. The normalized spacial score (nSPS) is 16.8. The Balaban J connectivity index is 1.48. The number of carbonyl (C=O) groups is 1. The molecule has 0 bridgehead atoms. The van der Waals surface area contributed by atoms with Crippen LogP contribution in [0.2, 0.25) is 0 Å². The maximum Gasteiger partial charge on any atom is 0.257 e. The molecule has 31 heavy (non-hydrogen) atoms. The Morgan fingerprint density at radius 3 is 2.55 bits per heavy atom. The van der Waals surface area contributed by atoms with Gasteiger partial charge in [-0.2, -0.15) is 4.31 Å². The lowest BCUT2D eigenvalue weighted by Gasteiger charge is -2.20. The number of likely N-dealkylation sites (N-methyl/N-ethyl adjacent to an activating group) is 1. The molecule has 0 aliphatic carbocycles. The minimum absolute atomic E-state index is 0.0640. The fourth-order valence-electron chi connectivity index (χ4n) is 3.61. The van der Waals surface area contributed by atoms with E-state index in [1.54, 1.807) is 7.05 Å². The van der Waals surface area contributed by atoms with E-state index in [2.05, 4.69) is 10.3 Å². The number of amides is 1. The number of anilines is 1. The van der Waals surface area contributed by atoms with E-state index in [-0.39, 0.29) is 16.9 Å². The Morgan fingerprint density at radius 1 is 1.19 bits per heavy atom. The van der Waals surface area contributed by atoms with Gasteiger partial charge in [-0.3, -0.25) is 10.1 Å². The van der Waals surface area contributed by atoms with E-state index in [1.807, 2.05) is 26.0 Å². The first-order valence-corrected chi connectivity index (χ1v) is 12.4. The Labute approximate surface area is 186 Å². The predicted molar refractivity (Wildman–Crippen MR) is 122 cm³/mol. The summed E-state index contributed by atoms with van der Waals surface area (Å²) in [5, 5.41) is 3.34. The number of aryl methyl sites for hydroxylation is 2. The maximum absolute atomic E-state index is 12.8. The van der Waals surface area contributed by atoms with Gasteiger partial charge in [-0.05, 0) is 62.1 Å². The highest BCUT2D eigenvalue weighted by atomic mass is 32.2. The van der Waals surface area contributed by atoms with Crippen molar-refractivity contribution < 1.29 is 17.9 Å². The second kappa shape index (κ2) is 8.66. The number of carbonyl (C=O) groups excluding carboxylic acids is 1. The Morgan fingerprint density at radius 2 is 1.90 bits per heavy atom. The fourth-order valence-corrected chi connectivity index (χ4v) is 5.82. The molecule has 164 valence electrons. The van der Waals surface area contributed by atoms with Crippen LogP contribution in [0.1, 0.15) is 34.3 Å². The van der Waals surface area contributed by atoms with Crippen LogP contribution in [0.3, 0.4) is 0 Å². The van der Waals surface area contributed by atoms with E-state index >= 15 is 0 Å². The number of benzene rings is 2. The monoisotopic (exact) mass is 459 g/mol. The Bertz CT molecular complexity index is 1170. The molecule has 0 radical (unpaired) electrons. The molecule has 2 heterocycles. The van der Waals surface area contributed by atoms with Crippen molar-refractivity contribution in [1.29, 1.82) is 0 Å². The van der Waals surface area contributed by atoms with Gasteiger partial charge in [0, 0.05) is 25.8 Å². The second-order valence-electron chi connectivity index (χ2n) is 7.80. The molecule has 1 aromatic heterocycles. The SMILES string of the molecule is Cc1ccc(C)c2sc(NC(=O)c3ccc(S(=O)(=O)N(C)C[C@H]4CCCO4)cc3)nc12. The molecule has 1 amide bonds. The first-order chi connectivity index (χ1) is 14.8. The molecule has 0 unspecified atom stereocenters. The standard InChI is InChI=1S/C22H25N3O4S2/c1-14-6-7-15(2)20-19(14)23-22(30-20)24-21(26)16-8-10-18(11-9-16)31(27,28)25(3)13-17-5-4-12-29-17/h6-11,17H,4-5,12-13H2,1-3H3,(H,23,24,26)/t17-/m1/s1. The van der Waals surface area contributed by atoms with Crippen LogP contribution in [0.15, 0.2) is 41.3 Å². The summed E-state index contributed by atoms with van der Waals surface area (Å²) in [4.78, 5) is 17.4. The molecule has 1 aliphatic heterocycles. The van der Waals surface area contributed by atoms with E-state index < -0.39 is 10.0 Å². The number of aromatic nitrogens is 1. The van der Waals surface area contributed by atoms with E-state index in [9.17, 15) is 13.2 Å². The molecule has 1 fully saturated rings. The van der Waals surface area contributed by atoms with Gasteiger partial charge >= 0.3 is 0 Å². The molecule has 0 saturated carbocycles. The van der Waals surface area contributed by atoms with Gasteiger partial charge in [0.1, 0.15) is 0 Å². The third kappa shape index (κ3) is 4.50. The van der Waals surface area contributed by atoms with Crippen molar-refractivity contribution >= 4 is 42.6 Å². The minimum atomic E-state index is -3.64. The van der Waals surface area contributed by atoms with Crippen LogP contribution in [0.4, 0.5) is 5.13 Å². The Kier molecular flexibility index (Phi) is 6.11. The molecular formula is C22H25N3O4S2. The topological polar surface area (TPSA) is 88.6 Å². The van der Waals surface area contributed by atoms with Crippen molar-refractivity contribution in [3.63, 3.8) is 0 Å². The predicted octanol–water partition coefficient (Wildman–Crippen LogP) is 3.96. The number of nitrogens with zero attached hydrogens (tertiary/aromatic N) is 2. The van der Waals surface area contributed by atoms with Gasteiger partial charge in [-0.15, -0.1) is 0 Å². The van der Waals surface area contributed by atoms with Gasteiger partial charge < -0.3 is 4.74 Å². The van der Waals surface area contributed by atoms with Crippen molar-refractivity contribution in [2.75, 3.05) is 25.5 Å². The highest BCUT2D eigenvalue weighted by molar-refractivity contribution is 7.89. The van der Waals surface area contributed by atoms with E-state index in [4.69, 9.17) is 4.74 Å². The molecule has 3 aromatic rings.